The number of hydrogen-bond donors (Lipinski definition) is 1. The lowest BCUT2D eigenvalue weighted by Gasteiger charge is -2.57. The minimum atomic E-state index is -0.134. The third-order valence-electron chi connectivity index (χ3n) is 8.56. The molecule has 1 N–H and O–H groups in total. The molecular formula is C21H32O3. The summed E-state index contributed by atoms with van der Waals surface area (Å²) in [4.78, 5) is 12.3. The number of ether oxygens (including phenoxy) is 1. The normalized spacial score (nSPS) is 50.3. The molecule has 0 amide bonds. The van der Waals surface area contributed by atoms with Gasteiger partial charge in [0.1, 0.15) is 0 Å². The molecule has 24 heavy (non-hydrogen) atoms. The van der Waals surface area contributed by atoms with Crippen LogP contribution in [0.5, 0.6) is 0 Å². The molecule has 0 aromatic carbocycles. The number of aliphatic hydroxyl groups excluding tert-OH is 1. The van der Waals surface area contributed by atoms with E-state index >= 15 is 0 Å². The Kier molecular flexibility index (Phi) is 3.87. The molecule has 3 nitrogen and oxygen atoms in total. The molecule has 0 saturated heterocycles. The molecule has 7 atom stereocenters. The molecule has 3 heteroatoms. The molecule has 0 bridgehead atoms. The summed E-state index contributed by atoms with van der Waals surface area (Å²) >= 11 is 0. The first-order valence-electron chi connectivity index (χ1n) is 9.85. The Hall–Kier alpha value is -0.830. The van der Waals surface area contributed by atoms with Crippen molar-refractivity contribution >= 4 is 5.97 Å². The van der Waals surface area contributed by atoms with Crippen LogP contribution in [0.15, 0.2) is 11.6 Å². The highest BCUT2D eigenvalue weighted by molar-refractivity contribution is 5.73. The third kappa shape index (κ3) is 2.16. The number of methoxy groups -OCH3 is 1. The van der Waals surface area contributed by atoms with Crippen molar-refractivity contribution in [1.82, 2.24) is 0 Å². The number of esters is 1. The van der Waals surface area contributed by atoms with Crippen LogP contribution in [0.1, 0.15) is 65.2 Å². The van der Waals surface area contributed by atoms with Gasteiger partial charge in [0.15, 0.2) is 0 Å². The topological polar surface area (TPSA) is 46.5 Å². The summed E-state index contributed by atoms with van der Waals surface area (Å²) in [7, 11) is 1.54. The average Bonchev–Trinajstić information content (AvgIpc) is 2.92. The van der Waals surface area contributed by atoms with Crippen LogP contribution in [-0.4, -0.2) is 24.3 Å². The van der Waals surface area contributed by atoms with Crippen molar-refractivity contribution in [3.05, 3.63) is 11.6 Å². The van der Waals surface area contributed by atoms with E-state index in [1.54, 1.807) is 0 Å². The highest BCUT2D eigenvalue weighted by atomic mass is 16.5. The summed E-state index contributed by atoms with van der Waals surface area (Å²) in [5.41, 5.74) is 1.94. The lowest BCUT2D eigenvalue weighted by molar-refractivity contribution is -0.152. The Morgan fingerprint density at radius 2 is 1.96 bits per heavy atom. The number of carbonyl (C=O) groups excluding carboxylic acids is 1. The molecule has 4 aliphatic carbocycles. The fourth-order valence-corrected chi connectivity index (χ4v) is 7.17. The summed E-state index contributed by atoms with van der Waals surface area (Å²) in [6.07, 6.45) is 11.0. The zero-order chi connectivity index (χ0) is 17.1. The van der Waals surface area contributed by atoms with Gasteiger partial charge in [0.05, 0.1) is 19.1 Å². The number of aliphatic hydroxyl groups is 1. The van der Waals surface area contributed by atoms with Gasteiger partial charge in [-0.1, -0.05) is 25.5 Å². The molecule has 3 fully saturated rings. The van der Waals surface area contributed by atoms with E-state index in [2.05, 4.69) is 19.9 Å². The largest absolute Gasteiger partial charge is 0.469 e. The lowest BCUT2D eigenvalue weighted by Crippen LogP contribution is -2.51. The Balaban J connectivity index is 1.64. The van der Waals surface area contributed by atoms with Crippen molar-refractivity contribution in [2.75, 3.05) is 7.11 Å². The Labute approximate surface area is 145 Å². The maximum Gasteiger partial charge on any atom is 0.309 e. The van der Waals surface area contributed by atoms with Gasteiger partial charge in [-0.2, -0.15) is 0 Å². The summed E-state index contributed by atoms with van der Waals surface area (Å²) < 4.78 is 5.12. The van der Waals surface area contributed by atoms with Crippen LogP contribution in [0.2, 0.25) is 0 Å². The minimum absolute atomic E-state index is 0.0116. The van der Waals surface area contributed by atoms with Gasteiger partial charge in [0.25, 0.3) is 0 Å². The van der Waals surface area contributed by atoms with Crippen LogP contribution in [0, 0.1) is 34.5 Å². The first-order chi connectivity index (χ1) is 11.4. The number of carbonyl (C=O) groups is 1. The van der Waals surface area contributed by atoms with Gasteiger partial charge < -0.3 is 9.84 Å². The lowest BCUT2D eigenvalue weighted by atomic mass is 9.47. The van der Waals surface area contributed by atoms with Crippen LogP contribution < -0.4 is 0 Å². The predicted octanol–water partition coefficient (Wildman–Crippen LogP) is 4.10. The summed E-state index contributed by atoms with van der Waals surface area (Å²) in [6, 6.07) is 0. The maximum absolute atomic E-state index is 12.3. The summed E-state index contributed by atoms with van der Waals surface area (Å²) in [5.74, 6) is 2.21. The number of fused-ring (bicyclic) bond motifs is 5. The van der Waals surface area contributed by atoms with Gasteiger partial charge in [-0.25, -0.2) is 0 Å². The van der Waals surface area contributed by atoms with Crippen molar-refractivity contribution in [1.29, 1.82) is 0 Å². The molecule has 0 radical (unpaired) electrons. The van der Waals surface area contributed by atoms with Crippen molar-refractivity contribution in [2.45, 2.75) is 71.3 Å². The highest BCUT2D eigenvalue weighted by Gasteiger charge is 2.60. The standard InChI is InChI=1S/C21H32O3/c1-20-10-8-14(22)12-13(20)4-5-15-16-6-7-18(19(23)24-3)21(16,2)11-9-17(15)20/h4,14-18,22H,5-12H2,1-3H3/t14-,15-,16-,17-,18+,20-,21-/m1/s1. The third-order valence-corrected chi connectivity index (χ3v) is 8.56. The first kappa shape index (κ1) is 16.6. The molecule has 0 heterocycles. The van der Waals surface area contributed by atoms with E-state index in [1.165, 1.54) is 25.5 Å². The van der Waals surface area contributed by atoms with Crippen molar-refractivity contribution in [2.24, 2.45) is 34.5 Å². The molecule has 0 aliphatic heterocycles. The van der Waals surface area contributed by atoms with Crippen molar-refractivity contribution in [3.8, 4) is 0 Å². The molecule has 4 rings (SSSR count). The molecule has 0 spiro atoms. The zero-order valence-electron chi connectivity index (χ0n) is 15.4. The number of rotatable bonds is 1. The Morgan fingerprint density at radius 1 is 1.17 bits per heavy atom. The Bertz CT molecular complexity index is 567. The monoisotopic (exact) mass is 332 g/mol. The van der Waals surface area contributed by atoms with E-state index in [9.17, 15) is 9.90 Å². The molecule has 3 saturated carbocycles. The van der Waals surface area contributed by atoms with E-state index in [-0.39, 0.29) is 28.8 Å². The van der Waals surface area contributed by atoms with Crippen LogP contribution in [0.3, 0.4) is 0 Å². The van der Waals surface area contributed by atoms with E-state index in [1.807, 2.05) is 0 Å². The van der Waals surface area contributed by atoms with Gasteiger partial charge >= 0.3 is 5.97 Å². The van der Waals surface area contributed by atoms with E-state index in [0.717, 1.165) is 44.4 Å². The van der Waals surface area contributed by atoms with E-state index in [4.69, 9.17) is 4.74 Å². The van der Waals surface area contributed by atoms with Crippen LogP contribution in [-0.2, 0) is 9.53 Å². The fourth-order valence-electron chi connectivity index (χ4n) is 7.17. The number of hydrogen-bond acceptors (Lipinski definition) is 3. The molecular weight excluding hydrogens is 300 g/mol. The smallest absolute Gasteiger partial charge is 0.309 e. The first-order valence-corrected chi connectivity index (χ1v) is 9.85. The second-order valence-corrected chi connectivity index (χ2v) is 9.35. The fraction of sp³-hybridized carbons (Fsp3) is 0.857. The van der Waals surface area contributed by atoms with Crippen molar-refractivity contribution in [3.63, 3.8) is 0 Å². The molecule has 4 aliphatic rings. The van der Waals surface area contributed by atoms with Gasteiger partial charge in [-0.3, -0.25) is 4.79 Å². The average molecular weight is 332 g/mol. The number of allylic oxidation sites excluding steroid dienone is 1. The second-order valence-electron chi connectivity index (χ2n) is 9.35. The molecule has 0 aromatic heterocycles. The molecule has 0 aromatic rings. The van der Waals surface area contributed by atoms with Gasteiger partial charge in [0, 0.05) is 0 Å². The summed E-state index contributed by atoms with van der Waals surface area (Å²) in [5, 5.41) is 10.1. The maximum atomic E-state index is 12.3. The second kappa shape index (κ2) is 5.59. The van der Waals surface area contributed by atoms with E-state index < -0.39 is 0 Å². The van der Waals surface area contributed by atoms with Crippen molar-refractivity contribution < 1.29 is 14.6 Å². The van der Waals surface area contributed by atoms with Gasteiger partial charge in [0.2, 0.25) is 0 Å². The molecule has 0 unspecified atom stereocenters. The van der Waals surface area contributed by atoms with Crippen LogP contribution >= 0.6 is 0 Å². The summed E-state index contributed by atoms with van der Waals surface area (Å²) in [6.45, 7) is 4.81. The van der Waals surface area contributed by atoms with Crippen LogP contribution in [0.4, 0.5) is 0 Å². The predicted molar refractivity (Wildman–Crippen MR) is 93.2 cm³/mol. The van der Waals surface area contributed by atoms with E-state index in [0.29, 0.717) is 11.8 Å². The van der Waals surface area contributed by atoms with Gasteiger partial charge in [-0.15, -0.1) is 0 Å². The zero-order valence-corrected chi connectivity index (χ0v) is 15.4. The quantitative estimate of drug-likeness (QED) is 0.581. The van der Waals surface area contributed by atoms with Crippen LogP contribution in [0.25, 0.3) is 0 Å². The highest BCUT2D eigenvalue weighted by Crippen LogP contribution is 2.66. The minimum Gasteiger partial charge on any atom is -0.469 e. The SMILES string of the molecule is COC(=O)[C@@H]1CC[C@@H]2[C@H]3CC=C4C[C@H](O)CC[C@@]4(C)[C@@H]3CC[C@]21C. The Morgan fingerprint density at radius 3 is 2.71 bits per heavy atom. The van der Waals surface area contributed by atoms with Gasteiger partial charge in [-0.05, 0) is 80.0 Å². The molecule has 134 valence electrons.